The van der Waals surface area contributed by atoms with Gasteiger partial charge in [-0.15, -0.1) is 0 Å². The van der Waals surface area contributed by atoms with Gasteiger partial charge in [0.25, 0.3) is 5.91 Å². The molecule has 1 aromatic carbocycles. The summed E-state index contributed by atoms with van der Waals surface area (Å²) < 4.78 is 0. The highest BCUT2D eigenvalue weighted by molar-refractivity contribution is 5.97. The molecule has 0 fully saturated rings. The van der Waals surface area contributed by atoms with Gasteiger partial charge < -0.3 is 21.9 Å². The number of rotatable bonds is 6. The third-order valence-electron chi connectivity index (χ3n) is 2.75. The van der Waals surface area contributed by atoms with E-state index in [0.717, 1.165) is 12.8 Å². The van der Waals surface area contributed by atoms with Gasteiger partial charge in [-0.1, -0.05) is 26.2 Å². The molecule has 0 aliphatic rings. The van der Waals surface area contributed by atoms with E-state index in [-0.39, 0.29) is 23.0 Å². The lowest BCUT2D eigenvalue weighted by Crippen LogP contribution is -2.24. The van der Waals surface area contributed by atoms with Crippen LogP contribution in [-0.4, -0.2) is 17.6 Å². The molecule has 5 nitrogen and oxygen atoms in total. The van der Waals surface area contributed by atoms with Gasteiger partial charge in [0.2, 0.25) is 0 Å². The molecule has 0 bridgehead atoms. The van der Waals surface area contributed by atoms with Crippen molar-refractivity contribution >= 4 is 17.3 Å². The third-order valence-corrected chi connectivity index (χ3v) is 2.75. The predicted octanol–water partition coefficient (Wildman–Crippen LogP) is 1.87. The van der Waals surface area contributed by atoms with E-state index in [9.17, 15) is 9.90 Å². The Labute approximate surface area is 107 Å². The third kappa shape index (κ3) is 3.84. The van der Waals surface area contributed by atoms with Crippen molar-refractivity contribution in [3.63, 3.8) is 0 Å². The number of benzene rings is 1. The van der Waals surface area contributed by atoms with Crippen molar-refractivity contribution in [3.05, 3.63) is 17.7 Å². The molecule has 1 rings (SSSR count). The highest BCUT2D eigenvalue weighted by atomic mass is 16.3. The van der Waals surface area contributed by atoms with Gasteiger partial charge in [0, 0.05) is 12.1 Å². The minimum atomic E-state index is -0.218. The number of nitrogen functional groups attached to an aromatic ring is 2. The number of nitrogens with one attached hydrogen (secondary N) is 1. The lowest BCUT2D eigenvalue weighted by Gasteiger charge is -2.08. The fraction of sp³-hybridized carbons (Fsp3) is 0.462. The monoisotopic (exact) mass is 251 g/mol. The van der Waals surface area contributed by atoms with Gasteiger partial charge in [0.15, 0.2) is 5.75 Å². The van der Waals surface area contributed by atoms with Crippen molar-refractivity contribution in [2.45, 2.75) is 32.6 Å². The Balaban J connectivity index is 2.52. The van der Waals surface area contributed by atoms with E-state index in [1.54, 1.807) is 0 Å². The Kier molecular flexibility index (Phi) is 5.30. The summed E-state index contributed by atoms with van der Waals surface area (Å²) in [5.41, 5.74) is 11.7. The number of hydrogen-bond donors (Lipinski definition) is 4. The topological polar surface area (TPSA) is 101 Å². The average Bonchev–Trinajstić information content (AvgIpc) is 2.34. The van der Waals surface area contributed by atoms with Crippen LogP contribution in [0.5, 0.6) is 5.75 Å². The molecule has 0 unspecified atom stereocenters. The van der Waals surface area contributed by atoms with Gasteiger partial charge in [0.1, 0.15) is 0 Å². The van der Waals surface area contributed by atoms with E-state index >= 15 is 0 Å². The zero-order valence-electron chi connectivity index (χ0n) is 10.7. The van der Waals surface area contributed by atoms with Crippen LogP contribution >= 0.6 is 0 Å². The number of phenols is 1. The SMILES string of the molecule is CCCCCCNC(=O)c1cc(N)c(O)c(N)c1. The number of unbranched alkanes of at least 4 members (excludes halogenated alkanes) is 3. The van der Waals surface area contributed by atoms with Crippen LogP contribution < -0.4 is 16.8 Å². The predicted molar refractivity (Wildman–Crippen MR) is 73.4 cm³/mol. The van der Waals surface area contributed by atoms with Crippen molar-refractivity contribution in [2.75, 3.05) is 18.0 Å². The summed E-state index contributed by atoms with van der Waals surface area (Å²) in [6.45, 7) is 2.78. The first-order valence-corrected chi connectivity index (χ1v) is 6.22. The normalized spacial score (nSPS) is 10.3. The molecule has 0 spiro atoms. The van der Waals surface area contributed by atoms with Gasteiger partial charge in [-0.2, -0.15) is 0 Å². The van der Waals surface area contributed by atoms with Gasteiger partial charge in [0.05, 0.1) is 11.4 Å². The number of amides is 1. The molecule has 0 aliphatic carbocycles. The Bertz CT molecular complexity index is 396. The molecule has 100 valence electrons. The van der Waals surface area contributed by atoms with Crippen LogP contribution in [0.3, 0.4) is 0 Å². The van der Waals surface area contributed by atoms with E-state index in [1.807, 2.05) is 0 Å². The molecule has 0 saturated carbocycles. The van der Waals surface area contributed by atoms with Crippen molar-refractivity contribution in [1.29, 1.82) is 0 Å². The van der Waals surface area contributed by atoms with Crippen LogP contribution in [0, 0.1) is 0 Å². The number of hydrogen-bond acceptors (Lipinski definition) is 4. The molecule has 0 aliphatic heterocycles. The number of phenolic OH excluding ortho intramolecular Hbond substituents is 1. The second-order valence-corrected chi connectivity index (χ2v) is 4.32. The summed E-state index contributed by atoms with van der Waals surface area (Å²) in [6, 6.07) is 2.85. The molecule has 0 saturated heterocycles. The van der Waals surface area contributed by atoms with Crippen LogP contribution in [0.1, 0.15) is 43.0 Å². The maximum Gasteiger partial charge on any atom is 0.251 e. The highest BCUT2D eigenvalue weighted by Crippen LogP contribution is 2.28. The number of aromatic hydroxyl groups is 1. The van der Waals surface area contributed by atoms with Gasteiger partial charge >= 0.3 is 0 Å². The fourth-order valence-electron chi connectivity index (χ4n) is 1.67. The highest BCUT2D eigenvalue weighted by Gasteiger charge is 2.10. The average molecular weight is 251 g/mol. The summed E-state index contributed by atoms with van der Waals surface area (Å²) in [6.07, 6.45) is 4.41. The van der Waals surface area contributed by atoms with Crippen molar-refractivity contribution in [2.24, 2.45) is 0 Å². The summed E-state index contributed by atoms with van der Waals surface area (Å²) in [5, 5.41) is 12.2. The molecule has 0 radical (unpaired) electrons. The second-order valence-electron chi connectivity index (χ2n) is 4.32. The lowest BCUT2D eigenvalue weighted by atomic mass is 10.1. The number of nitrogens with two attached hydrogens (primary N) is 2. The zero-order valence-corrected chi connectivity index (χ0v) is 10.7. The fourth-order valence-corrected chi connectivity index (χ4v) is 1.67. The summed E-state index contributed by atoms with van der Waals surface area (Å²) in [5.74, 6) is -0.389. The van der Waals surface area contributed by atoms with E-state index in [0.29, 0.717) is 12.1 Å². The minimum absolute atomic E-state index is 0.117. The van der Waals surface area contributed by atoms with Crippen LogP contribution in [0.4, 0.5) is 11.4 Å². The minimum Gasteiger partial charge on any atom is -0.504 e. The van der Waals surface area contributed by atoms with Crippen LogP contribution in [0.2, 0.25) is 0 Å². The molecular formula is C13H21N3O2. The summed E-state index contributed by atoms with van der Waals surface area (Å²) in [4.78, 5) is 11.8. The Hall–Kier alpha value is -1.91. The maximum absolute atomic E-state index is 11.8. The van der Waals surface area contributed by atoms with Gasteiger partial charge in [-0.25, -0.2) is 0 Å². The van der Waals surface area contributed by atoms with Crippen LogP contribution in [0.15, 0.2) is 12.1 Å². The Morgan fingerprint density at radius 2 is 1.83 bits per heavy atom. The summed E-state index contributed by atoms with van der Waals surface area (Å²) >= 11 is 0. The van der Waals surface area contributed by atoms with Crippen molar-refractivity contribution in [1.82, 2.24) is 5.32 Å². The molecule has 1 aromatic rings. The number of anilines is 2. The molecule has 0 aromatic heterocycles. The largest absolute Gasteiger partial charge is 0.504 e. The van der Waals surface area contributed by atoms with E-state index in [2.05, 4.69) is 12.2 Å². The zero-order chi connectivity index (χ0) is 13.5. The first kappa shape index (κ1) is 14.2. The van der Waals surface area contributed by atoms with Crippen LogP contribution in [-0.2, 0) is 0 Å². The van der Waals surface area contributed by atoms with Gasteiger partial charge in [-0.05, 0) is 18.6 Å². The molecule has 1 amide bonds. The lowest BCUT2D eigenvalue weighted by molar-refractivity contribution is 0.0953. The first-order chi connectivity index (χ1) is 8.56. The quantitative estimate of drug-likeness (QED) is 0.352. The molecule has 0 atom stereocenters. The van der Waals surface area contributed by atoms with E-state index in [1.165, 1.54) is 25.0 Å². The smallest absolute Gasteiger partial charge is 0.251 e. The molecule has 6 N–H and O–H groups in total. The first-order valence-electron chi connectivity index (χ1n) is 6.22. The number of carbonyl (C=O) groups excluding carboxylic acids is 1. The molecule has 0 heterocycles. The second kappa shape index (κ2) is 6.74. The molecule has 18 heavy (non-hydrogen) atoms. The van der Waals surface area contributed by atoms with E-state index < -0.39 is 0 Å². The maximum atomic E-state index is 11.8. The molecular weight excluding hydrogens is 230 g/mol. The van der Waals surface area contributed by atoms with Crippen molar-refractivity contribution in [3.8, 4) is 5.75 Å². The van der Waals surface area contributed by atoms with E-state index in [4.69, 9.17) is 11.5 Å². The Morgan fingerprint density at radius 3 is 2.39 bits per heavy atom. The van der Waals surface area contributed by atoms with Crippen LogP contribution in [0.25, 0.3) is 0 Å². The standard InChI is InChI=1S/C13H21N3O2/c1-2-3-4-5-6-16-13(18)9-7-10(14)12(17)11(15)8-9/h7-8,17H,2-6,14-15H2,1H3,(H,16,18). The van der Waals surface area contributed by atoms with Gasteiger partial charge in [-0.3, -0.25) is 4.79 Å². The Morgan fingerprint density at radius 1 is 1.22 bits per heavy atom. The number of carbonyl (C=O) groups is 1. The van der Waals surface area contributed by atoms with Crippen molar-refractivity contribution < 1.29 is 9.90 Å². The summed E-state index contributed by atoms with van der Waals surface area (Å²) in [7, 11) is 0. The molecule has 5 heteroatoms.